The number of carbonyl (C=O) groups is 1. The third-order valence-corrected chi connectivity index (χ3v) is 7.62. The highest BCUT2D eigenvalue weighted by molar-refractivity contribution is 7.12. The molecule has 4 aromatic rings. The molecule has 6 heteroatoms. The van der Waals surface area contributed by atoms with Crippen LogP contribution in [0.2, 0.25) is 0 Å². The molecule has 1 saturated heterocycles. The van der Waals surface area contributed by atoms with Gasteiger partial charge in [-0.3, -0.25) is 4.79 Å². The van der Waals surface area contributed by atoms with Crippen molar-refractivity contribution in [3.8, 4) is 0 Å². The molecule has 1 aliphatic rings. The third-order valence-electron chi connectivity index (χ3n) is 6.75. The highest BCUT2D eigenvalue weighted by atomic mass is 32.1. The van der Waals surface area contributed by atoms with E-state index in [1.54, 1.807) is 6.07 Å². The van der Waals surface area contributed by atoms with E-state index in [1.165, 1.54) is 34.1 Å². The van der Waals surface area contributed by atoms with Crippen molar-refractivity contribution in [2.24, 2.45) is 0 Å². The molecule has 2 aromatic heterocycles. The molecule has 1 amide bonds. The van der Waals surface area contributed by atoms with Gasteiger partial charge in [0.15, 0.2) is 0 Å². The summed E-state index contributed by atoms with van der Waals surface area (Å²) in [6.45, 7) is 5.21. The van der Waals surface area contributed by atoms with Gasteiger partial charge < -0.3 is 15.2 Å². The Morgan fingerprint density at radius 3 is 2.82 bits per heavy atom. The van der Waals surface area contributed by atoms with Crippen molar-refractivity contribution >= 4 is 33.8 Å². The van der Waals surface area contributed by atoms with Crippen molar-refractivity contribution in [1.29, 1.82) is 0 Å². The number of benzene rings is 2. The number of amides is 1. The second kappa shape index (κ2) is 9.49. The Labute approximate surface area is 197 Å². The highest BCUT2D eigenvalue weighted by Gasteiger charge is 2.23. The Balaban J connectivity index is 1.18. The van der Waals surface area contributed by atoms with Gasteiger partial charge in [-0.25, -0.2) is 4.39 Å². The number of fused-ring (bicyclic) bond motifs is 1. The molecule has 1 fully saturated rings. The Morgan fingerprint density at radius 1 is 1.18 bits per heavy atom. The highest BCUT2D eigenvalue weighted by Crippen LogP contribution is 2.33. The summed E-state index contributed by atoms with van der Waals surface area (Å²) in [6, 6.07) is 14.9. The lowest BCUT2D eigenvalue weighted by Gasteiger charge is -2.32. The zero-order valence-electron chi connectivity index (χ0n) is 18.7. The van der Waals surface area contributed by atoms with Crippen LogP contribution in [-0.4, -0.2) is 35.4 Å². The number of aromatic amines is 1. The van der Waals surface area contributed by atoms with Crippen LogP contribution in [0.25, 0.3) is 10.9 Å². The number of aryl methyl sites for hydroxylation is 1. The van der Waals surface area contributed by atoms with Crippen molar-refractivity contribution in [2.45, 2.75) is 32.1 Å². The van der Waals surface area contributed by atoms with Crippen molar-refractivity contribution in [3.63, 3.8) is 0 Å². The van der Waals surface area contributed by atoms with Crippen LogP contribution in [0.1, 0.15) is 45.1 Å². The fourth-order valence-electron chi connectivity index (χ4n) is 4.82. The zero-order chi connectivity index (χ0) is 22.8. The lowest BCUT2D eigenvalue weighted by atomic mass is 9.89. The van der Waals surface area contributed by atoms with Crippen molar-refractivity contribution in [3.05, 3.63) is 87.5 Å². The maximum Gasteiger partial charge on any atom is 0.265 e. The van der Waals surface area contributed by atoms with Gasteiger partial charge in [-0.05, 0) is 104 Å². The summed E-state index contributed by atoms with van der Waals surface area (Å²) in [5, 5.41) is 5.95. The molecule has 0 bridgehead atoms. The summed E-state index contributed by atoms with van der Waals surface area (Å²) in [7, 11) is 0. The Kier molecular flexibility index (Phi) is 6.29. The van der Waals surface area contributed by atoms with Crippen LogP contribution in [0.3, 0.4) is 0 Å². The smallest absolute Gasteiger partial charge is 0.265 e. The summed E-state index contributed by atoms with van der Waals surface area (Å²) in [4.78, 5) is 18.9. The average Bonchev–Trinajstić information content (AvgIpc) is 3.50. The van der Waals surface area contributed by atoms with E-state index in [-0.39, 0.29) is 11.7 Å². The SMILES string of the molecule is Cc1ccc(NC(=O)c2cccs2)cc1CCN1CCC(c2c[nH]c3ccc(F)cc23)CC1. The van der Waals surface area contributed by atoms with Crippen molar-refractivity contribution < 1.29 is 9.18 Å². The van der Waals surface area contributed by atoms with Crippen LogP contribution in [0.15, 0.2) is 60.1 Å². The quantitative estimate of drug-likeness (QED) is 0.351. The first kappa shape index (κ1) is 21.9. The van der Waals surface area contributed by atoms with Crippen LogP contribution in [0.4, 0.5) is 10.1 Å². The van der Waals surface area contributed by atoms with Crippen LogP contribution in [-0.2, 0) is 6.42 Å². The van der Waals surface area contributed by atoms with E-state index in [0.29, 0.717) is 5.92 Å². The van der Waals surface area contributed by atoms with E-state index >= 15 is 0 Å². The predicted molar refractivity (Wildman–Crippen MR) is 134 cm³/mol. The number of rotatable bonds is 6. The molecule has 33 heavy (non-hydrogen) atoms. The number of piperidine rings is 1. The summed E-state index contributed by atoms with van der Waals surface area (Å²) in [6.07, 6.45) is 5.18. The van der Waals surface area contributed by atoms with Gasteiger partial charge in [-0.2, -0.15) is 0 Å². The van der Waals surface area contributed by atoms with Gasteiger partial charge in [0, 0.05) is 29.3 Å². The van der Waals surface area contributed by atoms with Crippen molar-refractivity contribution in [2.75, 3.05) is 25.0 Å². The maximum atomic E-state index is 13.7. The number of hydrogen-bond acceptors (Lipinski definition) is 3. The molecule has 0 atom stereocenters. The fourth-order valence-corrected chi connectivity index (χ4v) is 5.44. The molecular weight excluding hydrogens is 433 g/mol. The first-order valence-electron chi connectivity index (χ1n) is 11.5. The Hall–Kier alpha value is -2.96. The number of anilines is 1. The van der Waals surface area contributed by atoms with Gasteiger partial charge in [-0.1, -0.05) is 12.1 Å². The topological polar surface area (TPSA) is 48.1 Å². The normalized spacial score (nSPS) is 15.2. The van der Waals surface area contributed by atoms with Crippen molar-refractivity contribution in [1.82, 2.24) is 9.88 Å². The number of likely N-dealkylation sites (tertiary alicyclic amines) is 1. The number of halogens is 1. The molecule has 3 heterocycles. The summed E-state index contributed by atoms with van der Waals surface area (Å²) < 4.78 is 13.7. The molecule has 2 N–H and O–H groups in total. The van der Waals surface area contributed by atoms with Crippen LogP contribution >= 0.6 is 11.3 Å². The third kappa shape index (κ3) is 4.87. The molecule has 2 aromatic carbocycles. The molecule has 0 unspecified atom stereocenters. The van der Waals surface area contributed by atoms with Crippen LogP contribution < -0.4 is 5.32 Å². The minimum atomic E-state index is -0.176. The number of H-pyrrole nitrogens is 1. The summed E-state index contributed by atoms with van der Waals surface area (Å²) in [5.41, 5.74) is 5.62. The summed E-state index contributed by atoms with van der Waals surface area (Å²) in [5.74, 6) is 0.235. The number of nitrogens with one attached hydrogen (secondary N) is 2. The number of thiophene rings is 1. The summed E-state index contributed by atoms with van der Waals surface area (Å²) >= 11 is 1.45. The van der Waals surface area contributed by atoms with E-state index in [2.05, 4.69) is 40.5 Å². The number of aromatic nitrogens is 1. The van der Waals surface area contributed by atoms with Gasteiger partial charge >= 0.3 is 0 Å². The van der Waals surface area contributed by atoms with E-state index < -0.39 is 0 Å². The first-order valence-corrected chi connectivity index (χ1v) is 12.4. The molecule has 1 aliphatic heterocycles. The second-order valence-corrected chi connectivity index (χ2v) is 9.82. The molecule has 4 nitrogen and oxygen atoms in total. The van der Waals surface area contributed by atoms with Gasteiger partial charge in [-0.15, -0.1) is 11.3 Å². The minimum absolute atomic E-state index is 0.0564. The number of carbonyl (C=O) groups excluding carboxylic acids is 1. The molecule has 170 valence electrons. The van der Waals surface area contributed by atoms with E-state index in [9.17, 15) is 9.18 Å². The Morgan fingerprint density at radius 2 is 2.03 bits per heavy atom. The van der Waals surface area contributed by atoms with Crippen LogP contribution in [0.5, 0.6) is 0 Å². The second-order valence-electron chi connectivity index (χ2n) is 8.87. The molecule has 0 aliphatic carbocycles. The maximum absolute atomic E-state index is 13.7. The van der Waals surface area contributed by atoms with Gasteiger partial charge in [0.25, 0.3) is 5.91 Å². The van der Waals surface area contributed by atoms with Crippen LogP contribution in [0, 0.1) is 12.7 Å². The fraction of sp³-hybridized carbons (Fsp3) is 0.296. The largest absolute Gasteiger partial charge is 0.361 e. The first-order chi connectivity index (χ1) is 16.1. The van der Waals surface area contributed by atoms with Gasteiger partial charge in [0.2, 0.25) is 0 Å². The van der Waals surface area contributed by atoms with E-state index in [1.807, 2.05) is 29.6 Å². The molecular formula is C27H28FN3OS. The number of hydrogen-bond donors (Lipinski definition) is 2. The lowest BCUT2D eigenvalue weighted by Crippen LogP contribution is -2.34. The van der Waals surface area contributed by atoms with E-state index in [0.717, 1.165) is 60.4 Å². The van der Waals surface area contributed by atoms with Gasteiger partial charge in [0.05, 0.1) is 4.88 Å². The van der Waals surface area contributed by atoms with Gasteiger partial charge in [0.1, 0.15) is 5.82 Å². The zero-order valence-corrected chi connectivity index (χ0v) is 19.6. The molecule has 0 radical (unpaired) electrons. The lowest BCUT2D eigenvalue weighted by molar-refractivity contribution is 0.103. The monoisotopic (exact) mass is 461 g/mol. The molecule has 0 spiro atoms. The molecule has 5 rings (SSSR count). The van der Waals surface area contributed by atoms with E-state index in [4.69, 9.17) is 0 Å². The predicted octanol–water partition coefficient (Wildman–Crippen LogP) is 6.35. The number of nitrogens with zero attached hydrogens (tertiary/aromatic N) is 1. The Bertz CT molecular complexity index is 1260. The molecule has 0 saturated carbocycles. The standard InChI is InChI=1S/C27H28FN3OS/c1-18-4-6-22(30-27(32)26-3-2-14-33-26)15-20(18)10-13-31-11-8-19(9-12-31)24-17-29-25-7-5-21(28)16-23(24)25/h2-7,14-17,19,29H,8-13H2,1H3,(H,30,32). The average molecular weight is 462 g/mol. The minimum Gasteiger partial charge on any atom is -0.361 e.